The van der Waals surface area contributed by atoms with Gasteiger partial charge in [-0.2, -0.15) is 0 Å². The number of benzene rings is 1. The summed E-state index contributed by atoms with van der Waals surface area (Å²) < 4.78 is 2.41. The molecule has 2 saturated carbocycles. The topological polar surface area (TPSA) is 17.8 Å². The molecule has 5 atom stereocenters. The van der Waals surface area contributed by atoms with Crippen LogP contribution in [-0.2, 0) is 0 Å². The second-order valence-electron chi connectivity index (χ2n) is 10.3. The highest BCUT2D eigenvalue weighted by Gasteiger charge is 2.57. The Labute approximate surface area is 168 Å². The molecule has 0 unspecified atom stereocenters. The van der Waals surface area contributed by atoms with Crippen molar-refractivity contribution in [2.24, 2.45) is 28.6 Å². The Morgan fingerprint density at radius 2 is 1.89 bits per heavy atom. The average molecular weight is 373 g/mol. The Hall–Kier alpha value is -1.83. The molecule has 28 heavy (non-hydrogen) atoms. The molecule has 0 N–H and O–H groups in total. The molecule has 4 aliphatic rings. The van der Waals surface area contributed by atoms with E-state index in [1.807, 2.05) is 5.57 Å². The fraction of sp³-hybridized carbons (Fsp3) is 0.577. The SMILES string of the molecule is C[C@]12CCCC=C1CC[C@@H]1[C@@H]2CC[C@]2(C)C(n3cnc4ccccc43)=CC[C@@H]12. The first-order chi connectivity index (χ1) is 13.6. The molecule has 1 aromatic carbocycles. The molecule has 1 aromatic heterocycles. The van der Waals surface area contributed by atoms with Crippen molar-refractivity contribution in [3.63, 3.8) is 0 Å². The van der Waals surface area contributed by atoms with E-state index < -0.39 is 0 Å². The lowest BCUT2D eigenvalue weighted by atomic mass is 9.47. The molecule has 146 valence electrons. The molecule has 6 rings (SSSR count). The minimum atomic E-state index is 0.302. The van der Waals surface area contributed by atoms with E-state index in [4.69, 9.17) is 4.98 Å². The van der Waals surface area contributed by atoms with Crippen LogP contribution in [0.5, 0.6) is 0 Å². The van der Waals surface area contributed by atoms with Gasteiger partial charge in [0, 0.05) is 11.1 Å². The van der Waals surface area contributed by atoms with Gasteiger partial charge >= 0.3 is 0 Å². The molecule has 1 heterocycles. The Balaban J connectivity index is 1.37. The number of rotatable bonds is 1. The average Bonchev–Trinajstić information content (AvgIpc) is 3.28. The van der Waals surface area contributed by atoms with Gasteiger partial charge in [-0.15, -0.1) is 0 Å². The number of hydrogen-bond acceptors (Lipinski definition) is 1. The maximum absolute atomic E-state index is 4.69. The fourth-order valence-corrected chi connectivity index (χ4v) is 7.82. The van der Waals surface area contributed by atoms with Crippen LogP contribution in [0.3, 0.4) is 0 Å². The van der Waals surface area contributed by atoms with Crippen LogP contribution < -0.4 is 0 Å². The lowest BCUT2D eigenvalue weighted by Gasteiger charge is -2.58. The second kappa shape index (κ2) is 5.84. The summed E-state index contributed by atoms with van der Waals surface area (Å²) in [6.45, 7) is 5.18. The molecular formula is C26H32N2. The van der Waals surface area contributed by atoms with Gasteiger partial charge in [0.25, 0.3) is 0 Å². The highest BCUT2D eigenvalue weighted by Crippen LogP contribution is 2.66. The molecule has 0 spiro atoms. The summed E-state index contributed by atoms with van der Waals surface area (Å²) in [4.78, 5) is 4.69. The number of hydrogen-bond donors (Lipinski definition) is 0. The number of nitrogens with zero attached hydrogens (tertiary/aromatic N) is 2. The van der Waals surface area contributed by atoms with Crippen LogP contribution in [0.25, 0.3) is 16.7 Å². The molecule has 0 bridgehead atoms. The van der Waals surface area contributed by atoms with Crippen LogP contribution in [0.15, 0.2) is 48.3 Å². The third-order valence-electron chi connectivity index (χ3n) is 9.28. The summed E-state index contributed by atoms with van der Waals surface area (Å²) in [6.07, 6.45) is 18.2. The van der Waals surface area contributed by atoms with Crippen molar-refractivity contribution < 1.29 is 0 Å². The van der Waals surface area contributed by atoms with E-state index in [0.29, 0.717) is 10.8 Å². The fourth-order valence-electron chi connectivity index (χ4n) is 7.82. The van der Waals surface area contributed by atoms with E-state index in [9.17, 15) is 0 Å². The van der Waals surface area contributed by atoms with Gasteiger partial charge in [0.1, 0.15) is 6.33 Å². The van der Waals surface area contributed by atoms with Gasteiger partial charge in [0.15, 0.2) is 0 Å². The predicted octanol–water partition coefficient (Wildman–Crippen LogP) is 6.84. The first kappa shape index (κ1) is 17.1. The number of fused-ring (bicyclic) bond motifs is 6. The monoisotopic (exact) mass is 372 g/mol. The number of aromatic nitrogens is 2. The maximum atomic E-state index is 4.69. The van der Waals surface area contributed by atoms with Crippen molar-refractivity contribution in [2.45, 2.75) is 65.2 Å². The third-order valence-corrected chi connectivity index (χ3v) is 9.28. The quantitative estimate of drug-likeness (QED) is 0.501. The van der Waals surface area contributed by atoms with E-state index >= 15 is 0 Å². The smallest absolute Gasteiger partial charge is 0.100 e. The number of allylic oxidation sites excluding steroid dienone is 4. The molecule has 4 aliphatic carbocycles. The van der Waals surface area contributed by atoms with E-state index in [2.05, 4.69) is 61.2 Å². The number of para-hydroxylation sites is 2. The zero-order valence-electron chi connectivity index (χ0n) is 17.3. The third kappa shape index (κ3) is 2.12. The second-order valence-corrected chi connectivity index (χ2v) is 10.3. The Morgan fingerprint density at radius 3 is 2.82 bits per heavy atom. The van der Waals surface area contributed by atoms with Gasteiger partial charge in [-0.25, -0.2) is 4.98 Å². The van der Waals surface area contributed by atoms with Crippen LogP contribution in [0.2, 0.25) is 0 Å². The summed E-state index contributed by atoms with van der Waals surface area (Å²) in [7, 11) is 0. The van der Waals surface area contributed by atoms with Crippen molar-refractivity contribution in [3.8, 4) is 0 Å². The van der Waals surface area contributed by atoms with E-state index in [1.54, 1.807) is 0 Å². The van der Waals surface area contributed by atoms with E-state index in [0.717, 1.165) is 23.3 Å². The largest absolute Gasteiger partial charge is 0.302 e. The highest BCUT2D eigenvalue weighted by molar-refractivity contribution is 5.80. The molecule has 2 fully saturated rings. The van der Waals surface area contributed by atoms with Crippen molar-refractivity contribution >= 4 is 16.7 Å². The van der Waals surface area contributed by atoms with Crippen LogP contribution in [-0.4, -0.2) is 9.55 Å². The molecule has 0 saturated heterocycles. The first-order valence-electron chi connectivity index (χ1n) is 11.4. The standard InChI is InChI=1S/C26H32N2/c1-25-15-6-5-7-18(25)10-11-19-20-12-13-24(26(20,2)16-14-21(19)25)28-17-27-22-8-3-4-9-23(22)28/h3-4,7-9,13,17,19-21H,5-6,10-12,14-16H2,1-2H3/t19-,20-,21-,25-,26-/m0/s1. The molecule has 0 radical (unpaired) electrons. The van der Waals surface area contributed by atoms with Crippen molar-refractivity contribution in [3.05, 3.63) is 48.3 Å². The zero-order chi connectivity index (χ0) is 18.9. The van der Waals surface area contributed by atoms with Gasteiger partial charge in [-0.05, 0) is 86.7 Å². The zero-order valence-corrected chi connectivity index (χ0v) is 17.3. The lowest BCUT2D eigenvalue weighted by Crippen LogP contribution is -2.49. The van der Waals surface area contributed by atoms with Crippen LogP contribution >= 0.6 is 0 Å². The van der Waals surface area contributed by atoms with Crippen LogP contribution in [0, 0.1) is 28.6 Å². The molecule has 0 aliphatic heterocycles. The summed E-state index contributed by atoms with van der Waals surface area (Å²) in [5.74, 6) is 2.60. The van der Waals surface area contributed by atoms with Crippen LogP contribution in [0.4, 0.5) is 0 Å². The summed E-state index contributed by atoms with van der Waals surface area (Å²) in [6, 6.07) is 8.60. The van der Waals surface area contributed by atoms with E-state index in [1.165, 1.54) is 62.6 Å². The van der Waals surface area contributed by atoms with Crippen LogP contribution in [0.1, 0.15) is 65.2 Å². The van der Waals surface area contributed by atoms with Crippen molar-refractivity contribution in [1.82, 2.24) is 9.55 Å². The van der Waals surface area contributed by atoms with E-state index in [-0.39, 0.29) is 0 Å². The van der Waals surface area contributed by atoms with Gasteiger partial charge in [0.2, 0.25) is 0 Å². The summed E-state index contributed by atoms with van der Waals surface area (Å²) in [5.41, 5.74) is 6.52. The summed E-state index contributed by atoms with van der Waals surface area (Å²) >= 11 is 0. The van der Waals surface area contributed by atoms with Gasteiger partial charge < -0.3 is 4.57 Å². The molecule has 2 heteroatoms. The van der Waals surface area contributed by atoms with Gasteiger partial charge in [-0.3, -0.25) is 0 Å². The minimum Gasteiger partial charge on any atom is -0.302 e. The lowest BCUT2D eigenvalue weighted by molar-refractivity contribution is -0.0232. The molecule has 2 aromatic rings. The van der Waals surface area contributed by atoms with Gasteiger partial charge in [0.05, 0.1) is 11.0 Å². The Kier molecular flexibility index (Phi) is 3.56. The summed E-state index contributed by atoms with van der Waals surface area (Å²) in [5, 5.41) is 0. The number of imidazole rings is 1. The normalized spacial score (nSPS) is 39.7. The Bertz CT molecular complexity index is 995. The van der Waals surface area contributed by atoms with Crippen molar-refractivity contribution in [1.29, 1.82) is 0 Å². The van der Waals surface area contributed by atoms with Crippen molar-refractivity contribution in [2.75, 3.05) is 0 Å². The molecule has 0 amide bonds. The minimum absolute atomic E-state index is 0.302. The molecular weight excluding hydrogens is 340 g/mol. The Morgan fingerprint density at radius 1 is 1.00 bits per heavy atom. The maximum Gasteiger partial charge on any atom is 0.100 e. The first-order valence-corrected chi connectivity index (χ1v) is 11.4. The molecule has 2 nitrogen and oxygen atoms in total. The van der Waals surface area contributed by atoms with Gasteiger partial charge in [-0.1, -0.05) is 43.7 Å². The predicted molar refractivity (Wildman–Crippen MR) is 116 cm³/mol. The highest BCUT2D eigenvalue weighted by atomic mass is 15.1.